The fraction of sp³-hybridized carbons (Fsp3) is 0.846. The number of carbonyl (C=O) groups excluding carboxylic acids is 1. The topological polar surface area (TPSA) is 209 Å². The molecule has 1 atom stereocenters. The third-order valence-corrected chi connectivity index (χ3v) is 8.59. The highest BCUT2D eigenvalue weighted by Gasteiger charge is 2.50. The van der Waals surface area contributed by atoms with Crippen LogP contribution in [0.25, 0.3) is 0 Å². The van der Waals surface area contributed by atoms with E-state index in [2.05, 4.69) is 0 Å². The summed E-state index contributed by atoms with van der Waals surface area (Å²) < 4.78 is 30.3. The van der Waals surface area contributed by atoms with Crippen molar-refractivity contribution in [1.82, 2.24) is 0 Å². The molecule has 0 fully saturated rings. The second-order valence-electron chi connectivity index (χ2n) is 10.2. The van der Waals surface area contributed by atoms with Gasteiger partial charge in [-0.05, 0) is 12.8 Å². The minimum atomic E-state index is -4.94. The lowest BCUT2D eigenvalue weighted by Crippen LogP contribution is -2.51. The fourth-order valence-electron chi connectivity index (χ4n) is 4.65. The van der Waals surface area contributed by atoms with Crippen LogP contribution in [0.5, 0.6) is 0 Å². The minimum absolute atomic E-state index is 0.188. The molecule has 1 amide bonds. The Morgan fingerprint density at radius 3 is 1.18 bits per heavy atom. The van der Waals surface area contributed by atoms with Crippen molar-refractivity contribution in [2.75, 3.05) is 0 Å². The summed E-state index contributed by atoms with van der Waals surface area (Å²) in [7, 11) is -4.94. The maximum absolute atomic E-state index is 11.7. The Morgan fingerprint density at radius 2 is 0.921 bits per heavy atom. The molecule has 11 nitrogen and oxygen atoms in total. The lowest BCUT2D eigenvalue weighted by Gasteiger charge is -2.25. The minimum Gasteiger partial charge on any atom is -0.481 e. The van der Waals surface area contributed by atoms with E-state index in [1.54, 1.807) is 0 Å². The highest BCUT2D eigenvalue weighted by atomic mass is 32.2. The molecule has 222 valence electrons. The Kier molecular flexibility index (Phi) is 18.6. The molecule has 0 saturated heterocycles. The SMILES string of the molecule is NC(=O)C(CCCCCCCCCCCCCCCCCCCC(C(=O)O)C(=O)O)(CC(=O)O)S(=O)(=O)O. The molecule has 0 aromatic rings. The van der Waals surface area contributed by atoms with Crippen molar-refractivity contribution in [2.24, 2.45) is 11.7 Å². The fourth-order valence-corrected chi connectivity index (χ4v) is 5.62. The van der Waals surface area contributed by atoms with Crippen molar-refractivity contribution in [2.45, 2.75) is 133 Å². The third kappa shape index (κ3) is 15.3. The van der Waals surface area contributed by atoms with E-state index in [1.165, 1.54) is 32.1 Å². The van der Waals surface area contributed by atoms with Crippen LogP contribution in [0.4, 0.5) is 0 Å². The van der Waals surface area contributed by atoms with E-state index in [-0.39, 0.29) is 19.3 Å². The molecule has 0 heterocycles. The van der Waals surface area contributed by atoms with Gasteiger partial charge >= 0.3 is 17.9 Å². The predicted molar refractivity (Wildman–Crippen MR) is 142 cm³/mol. The van der Waals surface area contributed by atoms with Crippen molar-refractivity contribution >= 4 is 33.9 Å². The number of aliphatic carboxylic acids is 3. The standard InChI is InChI=1S/C26H47NO10S/c27-25(34)26(20-22(28)29,38(35,36)37)19-17-15-13-11-9-7-5-3-1-2-4-6-8-10-12-14-16-18-21(23(30)31)24(32)33/h21H,1-20H2,(H2,27,34)(H,28,29)(H,30,31)(H,32,33)(H,35,36,37). The van der Waals surface area contributed by atoms with Crippen molar-refractivity contribution in [3.8, 4) is 0 Å². The van der Waals surface area contributed by atoms with E-state index < -0.39 is 51.0 Å². The summed E-state index contributed by atoms with van der Waals surface area (Å²) >= 11 is 0. The Labute approximate surface area is 226 Å². The number of unbranched alkanes of at least 4 members (excludes halogenated alkanes) is 16. The van der Waals surface area contributed by atoms with Crippen LogP contribution in [-0.2, 0) is 29.3 Å². The Morgan fingerprint density at radius 1 is 0.605 bits per heavy atom. The van der Waals surface area contributed by atoms with Gasteiger partial charge in [0, 0.05) is 0 Å². The van der Waals surface area contributed by atoms with E-state index in [4.69, 9.17) is 21.1 Å². The predicted octanol–water partition coefficient (Wildman–Crippen LogP) is 4.77. The monoisotopic (exact) mass is 565 g/mol. The first-order chi connectivity index (χ1) is 17.8. The summed E-state index contributed by atoms with van der Waals surface area (Å²) in [5, 5.41) is 26.6. The van der Waals surface area contributed by atoms with Crippen LogP contribution in [0.15, 0.2) is 0 Å². The molecule has 0 aromatic heterocycles. The van der Waals surface area contributed by atoms with Gasteiger partial charge in [0.15, 0.2) is 10.7 Å². The molecule has 0 aliphatic rings. The first kappa shape index (κ1) is 35.8. The molecule has 0 radical (unpaired) electrons. The quantitative estimate of drug-likeness (QED) is 0.0550. The number of carboxylic acid groups (broad SMARTS) is 3. The van der Waals surface area contributed by atoms with Gasteiger partial charge in [0.05, 0.1) is 6.42 Å². The third-order valence-electron chi connectivity index (χ3n) is 7.05. The van der Waals surface area contributed by atoms with Gasteiger partial charge in [0.25, 0.3) is 10.1 Å². The summed E-state index contributed by atoms with van der Waals surface area (Å²) in [6, 6.07) is 0. The maximum Gasteiger partial charge on any atom is 0.317 e. The second-order valence-corrected chi connectivity index (χ2v) is 11.9. The number of primary amides is 1. The summed E-state index contributed by atoms with van der Waals surface area (Å²) in [5.74, 6) is -6.68. The van der Waals surface area contributed by atoms with Crippen molar-refractivity contribution in [3.05, 3.63) is 0 Å². The molecule has 0 aliphatic carbocycles. The van der Waals surface area contributed by atoms with E-state index in [1.807, 2.05) is 0 Å². The van der Waals surface area contributed by atoms with E-state index >= 15 is 0 Å². The highest BCUT2D eigenvalue weighted by molar-refractivity contribution is 7.88. The molecular weight excluding hydrogens is 518 g/mol. The van der Waals surface area contributed by atoms with Gasteiger partial charge in [-0.3, -0.25) is 23.7 Å². The van der Waals surface area contributed by atoms with Crippen molar-refractivity contribution in [3.63, 3.8) is 0 Å². The zero-order chi connectivity index (χ0) is 29.0. The average Bonchev–Trinajstić information content (AvgIpc) is 2.80. The lowest BCUT2D eigenvalue weighted by molar-refractivity contribution is -0.154. The summed E-state index contributed by atoms with van der Waals surface area (Å²) in [4.78, 5) is 44.3. The van der Waals surface area contributed by atoms with Crippen LogP contribution >= 0.6 is 0 Å². The van der Waals surface area contributed by atoms with Crippen LogP contribution in [0, 0.1) is 5.92 Å². The number of hydrogen-bond donors (Lipinski definition) is 5. The van der Waals surface area contributed by atoms with Gasteiger partial charge in [-0.15, -0.1) is 0 Å². The van der Waals surface area contributed by atoms with E-state index in [0.29, 0.717) is 12.8 Å². The van der Waals surface area contributed by atoms with Crippen LogP contribution < -0.4 is 5.73 Å². The summed E-state index contributed by atoms with van der Waals surface area (Å²) in [6.07, 6.45) is 15.5. The van der Waals surface area contributed by atoms with E-state index in [9.17, 15) is 32.1 Å². The zero-order valence-electron chi connectivity index (χ0n) is 22.4. The number of nitrogens with two attached hydrogens (primary N) is 1. The molecular formula is C26H47NO10S. The first-order valence-corrected chi connectivity index (χ1v) is 15.2. The second kappa shape index (κ2) is 19.8. The van der Waals surface area contributed by atoms with Crippen LogP contribution in [0.3, 0.4) is 0 Å². The molecule has 0 rings (SSSR count). The molecule has 0 aromatic carbocycles. The Balaban J connectivity index is 3.67. The number of rotatable bonds is 26. The Hall–Kier alpha value is -2.21. The van der Waals surface area contributed by atoms with Gasteiger partial charge in [0.1, 0.15) is 0 Å². The lowest BCUT2D eigenvalue weighted by atomic mass is 9.95. The molecule has 38 heavy (non-hydrogen) atoms. The Bertz CT molecular complexity index is 816. The van der Waals surface area contributed by atoms with Crippen LogP contribution in [0.1, 0.15) is 128 Å². The highest BCUT2D eigenvalue weighted by Crippen LogP contribution is 2.28. The number of carbonyl (C=O) groups is 4. The van der Waals surface area contributed by atoms with Crippen LogP contribution in [0.2, 0.25) is 0 Å². The van der Waals surface area contributed by atoms with Crippen molar-refractivity contribution < 1.29 is 47.5 Å². The molecule has 12 heteroatoms. The maximum atomic E-state index is 11.7. The molecule has 6 N–H and O–H groups in total. The van der Waals surface area contributed by atoms with Gasteiger partial charge in [-0.2, -0.15) is 8.42 Å². The van der Waals surface area contributed by atoms with Crippen LogP contribution in [-0.4, -0.2) is 56.9 Å². The van der Waals surface area contributed by atoms with E-state index in [0.717, 1.165) is 57.8 Å². The largest absolute Gasteiger partial charge is 0.481 e. The zero-order valence-corrected chi connectivity index (χ0v) is 23.3. The molecule has 0 saturated carbocycles. The number of carboxylic acids is 3. The van der Waals surface area contributed by atoms with Gasteiger partial charge < -0.3 is 21.1 Å². The van der Waals surface area contributed by atoms with Gasteiger partial charge in [0.2, 0.25) is 5.91 Å². The molecule has 0 bridgehead atoms. The van der Waals surface area contributed by atoms with Gasteiger partial charge in [-0.1, -0.05) is 109 Å². The van der Waals surface area contributed by atoms with Gasteiger partial charge in [-0.25, -0.2) is 0 Å². The normalized spacial score (nSPS) is 13.3. The smallest absolute Gasteiger partial charge is 0.317 e. The molecule has 0 aliphatic heterocycles. The van der Waals surface area contributed by atoms with Crippen molar-refractivity contribution in [1.29, 1.82) is 0 Å². The summed E-state index contributed by atoms with van der Waals surface area (Å²) in [6.45, 7) is 0. The molecule has 0 spiro atoms. The molecule has 1 unspecified atom stereocenters. The number of hydrogen-bond acceptors (Lipinski definition) is 6. The number of amides is 1. The average molecular weight is 566 g/mol. The summed E-state index contributed by atoms with van der Waals surface area (Å²) in [5.41, 5.74) is 5.13. The first-order valence-electron chi connectivity index (χ1n) is 13.8.